The van der Waals surface area contributed by atoms with E-state index in [9.17, 15) is 0 Å². The maximum Gasteiger partial charge on any atom is 0.162 e. The molecule has 0 saturated carbocycles. The van der Waals surface area contributed by atoms with E-state index in [0.717, 1.165) is 65.0 Å². The molecule has 1 aliphatic rings. The molecular formula is C25H24Cl2N6. The summed E-state index contributed by atoms with van der Waals surface area (Å²) in [6.07, 6.45) is 7.72. The van der Waals surface area contributed by atoms with Crippen molar-refractivity contribution >= 4 is 47.1 Å². The van der Waals surface area contributed by atoms with Crippen LogP contribution in [0, 0.1) is 0 Å². The van der Waals surface area contributed by atoms with Gasteiger partial charge in [0.05, 0.1) is 11.7 Å². The second-order valence-corrected chi connectivity index (χ2v) is 7.83. The molecule has 0 amide bonds. The summed E-state index contributed by atoms with van der Waals surface area (Å²) in [7, 11) is 0. The molecule has 0 atom stereocenters. The minimum absolute atomic E-state index is 0. The van der Waals surface area contributed by atoms with Gasteiger partial charge in [0, 0.05) is 67.0 Å². The normalized spacial score (nSPS) is 13.5. The Hall–Kier alpha value is -3.19. The average Bonchev–Trinajstić information content (AvgIpc) is 3.27. The highest BCUT2D eigenvalue weighted by atomic mass is 35.5. The van der Waals surface area contributed by atoms with E-state index in [1.807, 2.05) is 47.4 Å². The zero-order chi connectivity index (χ0) is 20.6. The maximum atomic E-state index is 4.77. The van der Waals surface area contributed by atoms with Crippen molar-refractivity contribution in [1.82, 2.24) is 24.9 Å². The van der Waals surface area contributed by atoms with Gasteiger partial charge in [-0.15, -0.1) is 24.8 Å². The van der Waals surface area contributed by atoms with Crippen molar-refractivity contribution in [2.24, 2.45) is 0 Å². The van der Waals surface area contributed by atoms with Crippen LogP contribution in [0.5, 0.6) is 0 Å². The first-order valence-electron chi connectivity index (χ1n) is 10.6. The van der Waals surface area contributed by atoms with Gasteiger partial charge in [-0.1, -0.05) is 30.3 Å². The molecule has 0 unspecified atom stereocenters. The Morgan fingerprint density at radius 3 is 2.36 bits per heavy atom. The van der Waals surface area contributed by atoms with Gasteiger partial charge in [-0.2, -0.15) is 5.10 Å². The van der Waals surface area contributed by atoms with E-state index >= 15 is 0 Å². The Bertz CT molecular complexity index is 1370. The first-order chi connectivity index (χ1) is 15.4. The lowest BCUT2D eigenvalue weighted by atomic mass is 10.0. The molecule has 0 bridgehead atoms. The van der Waals surface area contributed by atoms with Crippen molar-refractivity contribution in [3.63, 3.8) is 0 Å². The van der Waals surface area contributed by atoms with Crippen LogP contribution in [0.2, 0.25) is 0 Å². The molecule has 8 heteroatoms. The van der Waals surface area contributed by atoms with Gasteiger partial charge in [-0.25, -0.2) is 9.50 Å². The van der Waals surface area contributed by atoms with Crippen LogP contribution in [0.4, 0.5) is 5.69 Å². The van der Waals surface area contributed by atoms with Crippen molar-refractivity contribution in [3.8, 4) is 22.3 Å². The first kappa shape index (κ1) is 23.0. The third kappa shape index (κ3) is 4.25. The van der Waals surface area contributed by atoms with Gasteiger partial charge < -0.3 is 10.2 Å². The predicted octanol–water partition coefficient (Wildman–Crippen LogP) is 4.86. The highest BCUT2D eigenvalue weighted by Gasteiger charge is 2.13. The summed E-state index contributed by atoms with van der Waals surface area (Å²) in [5.41, 5.74) is 7.39. The lowest BCUT2D eigenvalue weighted by Gasteiger charge is -2.29. The summed E-state index contributed by atoms with van der Waals surface area (Å²) in [5.74, 6) is 0. The zero-order valence-corrected chi connectivity index (χ0v) is 19.5. The summed E-state index contributed by atoms with van der Waals surface area (Å²) in [5, 5.41) is 9.10. The number of hydrogen-bond donors (Lipinski definition) is 1. The standard InChI is InChI=1S/C25H22N6.2ClH/c1-2-4-24-22(3-1)21(9-10-27-24)23-16-29-31-17-19(15-28-25(23)31)18-5-7-20(8-6-18)30-13-11-26-12-14-30;;/h1-10,15-17,26H,11-14H2;2*1H. The Morgan fingerprint density at radius 1 is 0.758 bits per heavy atom. The lowest BCUT2D eigenvalue weighted by molar-refractivity contribution is 0.589. The topological polar surface area (TPSA) is 58.4 Å². The highest BCUT2D eigenvalue weighted by Crippen LogP contribution is 2.31. The lowest BCUT2D eigenvalue weighted by Crippen LogP contribution is -2.43. The van der Waals surface area contributed by atoms with Crippen molar-refractivity contribution in [2.75, 3.05) is 31.1 Å². The van der Waals surface area contributed by atoms with Gasteiger partial charge in [-0.3, -0.25) is 4.98 Å². The molecule has 3 aromatic heterocycles. The summed E-state index contributed by atoms with van der Waals surface area (Å²) in [6, 6.07) is 18.9. The fraction of sp³-hybridized carbons (Fsp3) is 0.160. The molecule has 6 rings (SSSR count). The van der Waals surface area contributed by atoms with E-state index in [4.69, 9.17) is 4.98 Å². The van der Waals surface area contributed by atoms with Crippen LogP contribution in [0.3, 0.4) is 0 Å². The van der Waals surface area contributed by atoms with E-state index in [-0.39, 0.29) is 24.8 Å². The largest absolute Gasteiger partial charge is 0.369 e. The van der Waals surface area contributed by atoms with E-state index in [1.165, 1.54) is 5.69 Å². The predicted molar refractivity (Wildman–Crippen MR) is 139 cm³/mol. The number of halogens is 2. The molecule has 4 heterocycles. The average molecular weight is 479 g/mol. The molecule has 5 aromatic rings. The molecule has 0 aliphatic carbocycles. The van der Waals surface area contributed by atoms with Crippen molar-refractivity contribution < 1.29 is 0 Å². The molecule has 1 N–H and O–H groups in total. The van der Waals surface area contributed by atoms with Gasteiger partial charge in [0.1, 0.15) is 0 Å². The molecule has 6 nitrogen and oxygen atoms in total. The summed E-state index contributed by atoms with van der Waals surface area (Å²) < 4.78 is 1.87. The number of nitrogens with one attached hydrogen (secondary N) is 1. The maximum absolute atomic E-state index is 4.77. The molecule has 1 saturated heterocycles. The van der Waals surface area contributed by atoms with Crippen LogP contribution in [0.15, 0.2) is 79.4 Å². The van der Waals surface area contributed by atoms with Crippen LogP contribution in [0.25, 0.3) is 38.8 Å². The van der Waals surface area contributed by atoms with Crippen LogP contribution in [0.1, 0.15) is 0 Å². The summed E-state index contributed by atoms with van der Waals surface area (Å²) in [6.45, 7) is 4.17. The first-order valence-corrected chi connectivity index (χ1v) is 10.6. The molecule has 2 aromatic carbocycles. The number of piperazine rings is 1. The van der Waals surface area contributed by atoms with E-state index in [2.05, 4.69) is 56.8 Å². The second kappa shape index (κ2) is 9.75. The van der Waals surface area contributed by atoms with E-state index in [1.54, 1.807) is 0 Å². The number of benzene rings is 2. The Kier molecular flexibility index (Phi) is 6.79. The van der Waals surface area contributed by atoms with Crippen molar-refractivity contribution in [2.45, 2.75) is 0 Å². The van der Waals surface area contributed by atoms with Crippen molar-refractivity contribution in [1.29, 1.82) is 0 Å². The Labute approximate surface area is 204 Å². The highest BCUT2D eigenvalue weighted by molar-refractivity contribution is 5.97. The fourth-order valence-electron chi connectivity index (χ4n) is 4.33. The van der Waals surface area contributed by atoms with Gasteiger partial charge in [0.2, 0.25) is 0 Å². The molecule has 168 valence electrons. The van der Waals surface area contributed by atoms with E-state index in [0.29, 0.717) is 0 Å². The zero-order valence-electron chi connectivity index (χ0n) is 17.9. The number of rotatable bonds is 3. The van der Waals surface area contributed by atoms with Gasteiger partial charge >= 0.3 is 0 Å². The summed E-state index contributed by atoms with van der Waals surface area (Å²) >= 11 is 0. The number of aromatic nitrogens is 4. The minimum Gasteiger partial charge on any atom is -0.369 e. The summed E-state index contributed by atoms with van der Waals surface area (Å²) in [4.78, 5) is 11.7. The van der Waals surface area contributed by atoms with Crippen LogP contribution in [-0.2, 0) is 0 Å². The van der Waals surface area contributed by atoms with Crippen LogP contribution < -0.4 is 10.2 Å². The van der Waals surface area contributed by atoms with Crippen molar-refractivity contribution in [3.05, 3.63) is 79.4 Å². The SMILES string of the molecule is Cl.Cl.c1ccc2c(-c3cnn4cc(-c5ccc(N6CCNCC6)cc5)cnc34)ccnc2c1. The second-order valence-electron chi connectivity index (χ2n) is 7.83. The van der Waals surface area contributed by atoms with Crippen LogP contribution in [-0.4, -0.2) is 45.8 Å². The Morgan fingerprint density at radius 2 is 1.55 bits per heavy atom. The number of nitrogens with zero attached hydrogens (tertiary/aromatic N) is 5. The third-order valence-electron chi connectivity index (χ3n) is 5.98. The number of anilines is 1. The molecule has 0 radical (unpaired) electrons. The molecular weight excluding hydrogens is 455 g/mol. The minimum atomic E-state index is 0. The number of hydrogen-bond acceptors (Lipinski definition) is 5. The molecule has 1 aliphatic heterocycles. The number of fused-ring (bicyclic) bond motifs is 2. The smallest absolute Gasteiger partial charge is 0.162 e. The van der Waals surface area contributed by atoms with E-state index < -0.39 is 0 Å². The molecule has 1 fully saturated rings. The van der Waals surface area contributed by atoms with Crippen LogP contribution >= 0.6 is 24.8 Å². The van der Waals surface area contributed by atoms with Gasteiger partial charge in [0.25, 0.3) is 0 Å². The number of para-hydroxylation sites is 1. The van der Waals surface area contributed by atoms with Gasteiger partial charge in [-0.05, 0) is 35.4 Å². The molecule has 33 heavy (non-hydrogen) atoms. The fourth-order valence-corrected chi connectivity index (χ4v) is 4.33. The Balaban J connectivity index is 0.00000130. The third-order valence-corrected chi connectivity index (χ3v) is 5.98. The molecule has 0 spiro atoms. The quantitative estimate of drug-likeness (QED) is 0.401. The monoisotopic (exact) mass is 478 g/mol. The number of pyridine rings is 1. The van der Waals surface area contributed by atoms with Gasteiger partial charge in [0.15, 0.2) is 5.65 Å².